The lowest BCUT2D eigenvalue weighted by Gasteiger charge is -2.17. The van der Waals surface area contributed by atoms with E-state index in [1.54, 1.807) is 25.2 Å². The predicted molar refractivity (Wildman–Crippen MR) is 72.8 cm³/mol. The van der Waals surface area contributed by atoms with Crippen molar-refractivity contribution in [2.24, 2.45) is 0 Å². The highest BCUT2D eigenvalue weighted by molar-refractivity contribution is 5.80. The zero-order chi connectivity index (χ0) is 14.5. The second-order valence-corrected chi connectivity index (χ2v) is 4.17. The second-order valence-electron chi connectivity index (χ2n) is 4.17. The molecule has 0 radical (unpaired) electrons. The van der Waals surface area contributed by atoms with E-state index in [9.17, 15) is 9.59 Å². The lowest BCUT2D eigenvalue weighted by Crippen LogP contribution is -2.15. The van der Waals surface area contributed by atoms with Crippen molar-refractivity contribution in [3.05, 3.63) is 28.7 Å². The molecule has 1 aromatic carbocycles. The summed E-state index contributed by atoms with van der Waals surface area (Å²) in [6, 6.07) is 5.11. The number of ether oxygens (including phenoxy) is 1. The SMILES string of the molecule is CCCOc1ccc(-c2n[nH]c(=O)o2)cc1N(C)C=O. The second kappa shape index (κ2) is 6.05. The van der Waals surface area contributed by atoms with Crippen LogP contribution in [-0.2, 0) is 4.79 Å². The minimum Gasteiger partial charge on any atom is -0.491 e. The van der Waals surface area contributed by atoms with E-state index in [2.05, 4.69) is 10.2 Å². The molecule has 1 aromatic heterocycles. The summed E-state index contributed by atoms with van der Waals surface area (Å²) < 4.78 is 10.5. The zero-order valence-corrected chi connectivity index (χ0v) is 11.3. The molecule has 0 bridgehead atoms. The van der Waals surface area contributed by atoms with Crippen LogP contribution < -0.4 is 15.4 Å². The Morgan fingerprint density at radius 2 is 2.30 bits per heavy atom. The number of carbonyl (C=O) groups excluding carboxylic acids is 1. The molecule has 106 valence electrons. The summed E-state index contributed by atoms with van der Waals surface area (Å²) in [5.74, 6) is 0.122. The summed E-state index contributed by atoms with van der Waals surface area (Å²) in [6.45, 7) is 2.55. The van der Waals surface area contributed by atoms with Gasteiger partial charge in [0.15, 0.2) is 0 Å². The molecule has 1 N–H and O–H groups in total. The predicted octanol–water partition coefficient (Wildman–Crippen LogP) is 1.41. The number of hydrogen-bond acceptors (Lipinski definition) is 5. The summed E-state index contributed by atoms with van der Waals surface area (Å²) in [5, 5.41) is 5.94. The van der Waals surface area contributed by atoms with Crippen LogP contribution in [-0.4, -0.2) is 30.3 Å². The maximum absolute atomic E-state index is 11.0. The van der Waals surface area contributed by atoms with E-state index in [1.807, 2.05) is 6.92 Å². The number of H-pyrrole nitrogens is 1. The molecule has 0 aliphatic heterocycles. The molecule has 0 spiro atoms. The number of aromatic nitrogens is 2. The van der Waals surface area contributed by atoms with Crippen molar-refractivity contribution < 1.29 is 13.9 Å². The van der Waals surface area contributed by atoms with Crippen LogP contribution in [0.15, 0.2) is 27.4 Å². The van der Waals surface area contributed by atoms with Crippen molar-refractivity contribution in [3.8, 4) is 17.2 Å². The molecule has 0 atom stereocenters. The molecule has 0 saturated carbocycles. The van der Waals surface area contributed by atoms with Crippen molar-refractivity contribution in [3.63, 3.8) is 0 Å². The van der Waals surface area contributed by atoms with Gasteiger partial charge in [0.2, 0.25) is 12.3 Å². The Bertz CT molecular complexity index is 647. The highest BCUT2D eigenvalue weighted by Gasteiger charge is 2.13. The minimum absolute atomic E-state index is 0.164. The number of benzene rings is 1. The third kappa shape index (κ3) is 2.87. The Kier molecular flexibility index (Phi) is 4.19. The number of nitrogens with one attached hydrogen (secondary N) is 1. The largest absolute Gasteiger partial charge is 0.491 e. The number of carbonyl (C=O) groups is 1. The normalized spacial score (nSPS) is 10.3. The van der Waals surface area contributed by atoms with Crippen LogP contribution in [0.4, 0.5) is 5.69 Å². The average molecular weight is 277 g/mol. The number of rotatable bonds is 6. The summed E-state index contributed by atoms with van der Waals surface area (Å²) in [7, 11) is 1.62. The van der Waals surface area contributed by atoms with Gasteiger partial charge in [-0.25, -0.2) is 9.89 Å². The van der Waals surface area contributed by atoms with Crippen LogP contribution in [0, 0.1) is 0 Å². The summed E-state index contributed by atoms with van der Waals surface area (Å²) in [5.41, 5.74) is 1.16. The summed E-state index contributed by atoms with van der Waals surface area (Å²) in [4.78, 5) is 23.3. The van der Waals surface area contributed by atoms with Crippen LogP contribution in [0.2, 0.25) is 0 Å². The molecule has 0 fully saturated rings. The summed E-state index contributed by atoms with van der Waals surface area (Å²) >= 11 is 0. The number of amides is 1. The topological polar surface area (TPSA) is 88.4 Å². The maximum Gasteiger partial charge on any atom is 0.434 e. The Morgan fingerprint density at radius 3 is 2.90 bits per heavy atom. The van der Waals surface area contributed by atoms with Gasteiger partial charge in [0.25, 0.3) is 0 Å². The molecule has 2 aromatic rings. The molecular formula is C13H15N3O4. The van der Waals surface area contributed by atoms with Gasteiger partial charge in [0.05, 0.1) is 12.3 Å². The fourth-order valence-electron chi connectivity index (χ4n) is 1.67. The van der Waals surface area contributed by atoms with Crippen LogP contribution in [0.3, 0.4) is 0 Å². The summed E-state index contributed by atoms with van der Waals surface area (Å²) in [6.07, 6.45) is 1.54. The molecule has 0 aliphatic rings. The highest BCUT2D eigenvalue weighted by Crippen LogP contribution is 2.31. The first-order valence-corrected chi connectivity index (χ1v) is 6.16. The Hall–Kier alpha value is -2.57. The molecule has 2 rings (SSSR count). The van der Waals surface area contributed by atoms with Gasteiger partial charge in [-0.2, -0.15) is 0 Å². The third-order valence-electron chi connectivity index (χ3n) is 2.64. The Balaban J connectivity index is 2.42. The molecular weight excluding hydrogens is 262 g/mol. The lowest BCUT2D eigenvalue weighted by atomic mass is 10.1. The van der Waals surface area contributed by atoms with E-state index >= 15 is 0 Å². The monoisotopic (exact) mass is 277 g/mol. The lowest BCUT2D eigenvalue weighted by molar-refractivity contribution is -0.107. The van der Waals surface area contributed by atoms with Gasteiger partial charge in [-0.15, -0.1) is 5.10 Å². The maximum atomic E-state index is 11.0. The Morgan fingerprint density at radius 1 is 1.50 bits per heavy atom. The van der Waals surface area contributed by atoms with Crippen LogP contribution in [0.5, 0.6) is 5.75 Å². The zero-order valence-electron chi connectivity index (χ0n) is 11.3. The van der Waals surface area contributed by atoms with Crippen molar-refractivity contribution in [2.45, 2.75) is 13.3 Å². The molecule has 1 amide bonds. The van der Waals surface area contributed by atoms with Crippen LogP contribution in [0.25, 0.3) is 11.5 Å². The van der Waals surface area contributed by atoms with Crippen LogP contribution in [0.1, 0.15) is 13.3 Å². The van der Waals surface area contributed by atoms with Gasteiger partial charge >= 0.3 is 5.76 Å². The van der Waals surface area contributed by atoms with E-state index in [4.69, 9.17) is 9.15 Å². The molecule has 7 nitrogen and oxygen atoms in total. The van der Waals surface area contributed by atoms with Gasteiger partial charge in [0, 0.05) is 12.6 Å². The quantitative estimate of drug-likeness (QED) is 0.806. The molecule has 0 aliphatic carbocycles. The van der Waals surface area contributed by atoms with E-state index in [-0.39, 0.29) is 5.89 Å². The van der Waals surface area contributed by atoms with E-state index < -0.39 is 5.76 Å². The van der Waals surface area contributed by atoms with Crippen molar-refractivity contribution in [1.82, 2.24) is 10.2 Å². The molecule has 0 saturated heterocycles. The number of nitrogens with zero attached hydrogens (tertiary/aromatic N) is 2. The molecule has 1 heterocycles. The fraction of sp³-hybridized carbons (Fsp3) is 0.308. The van der Waals surface area contributed by atoms with Crippen molar-refractivity contribution in [1.29, 1.82) is 0 Å². The average Bonchev–Trinajstić information content (AvgIpc) is 2.90. The first kappa shape index (κ1) is 13.9. The van der Waals surface area contributed by atoms with Crippen molar-refractivity contribution in [2.75, 3.05) is 18.6 Å². The fourth-order valence-corrected chi connectivity index (χ4v) is 1.67. The van der Waals surface area contributed by atoms with Gasteiger partial charge in [0.1, 0.15) is 5.75 Å². The van der Waals surface area contributed by atoms with E-state index in [1.165, 1.54) is 4.90 Å². The van der Waals surface area contributed by atoms with E-state index in [0.29, 0.717) is 30.0 Å². The van der Waals surface area contributed by atoms with Gasteiger partial charge in [-0.05, 0) is 24.6 Å². The standard InChI is InChI=1S/C13H15N3O4/c1-3-6-19-11-5-4-9(7-10(11)16(2)8-17)12-14-15-13(18)20-12/h4-5,7-8H,3,6H2,1-2H3,(H,15,18). The highest BCUT2D eigenvalue weighted by atomic mass is 16.5. The Labute approximate surface area is 115 Å². The smallest absolute Gasteiger partial charge is 0.434 e. The van der Waals surface area contributed by atoms with Gasteiger partial charge in [-0.1, -0.05) is 6.92 Å². The number of hydrogen-bond donors (Lipinski definition) is 1. The minimum atomic E-state index is -0.628. The molecule has 7 heteroatoms. The van der Waals surface area contributed by atoms with E-state index in [0.717, 1.165) is 6.42 Å². The van der Waals surface area contributed by atoms with Crippen molar-refractivity contribution >= 4 is 12.1 Å². The molecule has 0 unspecified atom stereocenters. The third-order valence-corrected chi connectivity index (χ3v) is 2.64. The van der Waals surface area contributed by atoms with Crippen LogP contribution >= 0.6 is 0 Å². The number of anilines is 1. The molecule has 20 heavy (non-hydrogen) atoms. The van der Waals surface area contributed by atoms with Gasteiger partial charge < -0.3 is 14.1 Å². The number of aromatic amines is 1. The van der Waals surface area contributed by atoms with Gasteiger partial charge in [-0.3, -0.25) is 4.79 Å². The first-order valence-electron chi connectivity index (χ1n) is 6.16. The first-order chi connectivity index (χ1) is 9.65.